The average Bonchev–Trinajstić information content (AvgIpc) is 2.67. The molecule has 0 saturated carbocycles. The number of aromatic carboxylic acids is 1. The Morgan fingerprint density at radius 3 is 2.20 bits per heavy atom. The third-order valence-electron chi connectivity index (χ3n) is 4.25. The van der Waals surface area contributed by atoms with Gasteiger partial charge in [-0.1, -0.05) is 66.7 Å². The second-order valence-electron chi connectivity index (χ2n) is 5.96. The van der Waals surface area contributed by atoms with Gasteiger partial charge < -0.3 is 5.11 Å². The molecule has 0 radical (unpaired) electrons. The summed E-state index contributed by atoms with van der Waals surface area (Å²) in [5, 5.41) is 9.35. The molecule has 0 aliphatic rings. The molecule has 0 aromatic heterocycles. The van der Waals surface area contributed by atoms with Crippen molar-refractivity contribution in [3.8, 4) is 22.3 Å². The fourth-order valence-corrected chi connectivity index (χ4v) is 2.91. The van der Waals surface area contributed by atoms with E-state index in [0.29, 0.717) is 5.56 Å². The van der Waals surface area contributed by atoms with Gasteiger partial charge in [-0.3, -0.25) is 0 Å². The van der Waals surface area contributed by atoms with Crippen LogP contribution in [0.15, 0.2) is 85.5 Å². The predicted octanol–water partition coefficient (Wildman–Crippen LogP) is 5.84. The van der Waals surface area contributed by atoms with E-state index in [4.69, 9.17) is 0 Å². The third kappa shape index (κ3) is 3.86. The van der Waals surface area contributed by atoms with Crippen molar-refractivity contribution < 1.29 is 9.90 Å². The van der Waals surface area contributed by atoms with Gasteiger partial charge in [0.15, 0.2) is 0 Å². The van der Waals surface area contributed by atoms with Crippen molar-refractivity contribution in [1.29, 1.82) is 0 Å². The summed E-state index contributed by atoms with van der Waals surface area (Å²) in [5.41, 5.74) is 5.60. The van der Waals surface area contributed by atoms with Crippen molar-refractivity contribution in [3.05, 3.63) is 96.6 Å². The van der Waals surface area contributed by atoms with Crippen LogP contribution in [0.4, 0.5) is 0 Å². The molecule has 25 heavy (non-hydrogen) atoms. The van der Waals surface area contributed by atoms with Crippen LogP contribution in [0.2, 0.25) is 0 Å². The molecule has 0 unspecified atom stereocenters. The maximum atomic E-state index is 11.4. The molecular formula is C23H20O2. The summed E-state index contributed by atoms with van der Waals surface area (Å²) < 4.78 is 0. The molecule has 0 saturated heterocycles. The maximum Gasteiger partial charge on any atom is 0.335 e. The predicted molar refractivity (Wildman–Crippen MR) is 103 cm³/mol. The Morgan fingerprint density at radius 1 is 0.880 bits per heavy atom. The molecule has 0 aliphatic heterocycles. The smallest absolute Gasteiger partial charge is 0.335 e. The van der Waals surface area contributed by atoms with E-state index < -0.39 is 5.97 Å². The van der Waals surface area contributed by atoms with Crippen LogP contribution in [0, 0.1) is 0 Å². The van der Waals surface area contributed by atoms with Crippen molar-refractivity contribution in [3.63, 3.8) is 0 Å². The summed E-state index contributed by atoms with van der Waals surface area (Å²) in [7, 11) is 0. The van der Waals surface area contributed by atoms with Gasteiger partial charge in [-0.2, -0.15) is 0 Å². The van der Waals surface area contributed by atoms with Crippen LogP contribution in [-0.4, -0.2) is 11.1 Å². The summed E-state index contributed by atoms with van der Waals surface area (Å²) in [4.78, 5) is 11.4. The molecule has 0 spiro atoms. The summed E-state index contributed by atoms with van der Waals surface area (Å²) in [6.07, 6.45) is 3.82. The monoisotopic (exact) mass is 328 g/mol. The fraction of sp³-hybridized carbons (Fsp3) is 0.0870. The highest BCUT2D eigenvalue weighted by atomic mass is 16.4. The molecule has 2 heteroatoms. The standard InChI is InChI=1S/C23H20O2/c1-2-3-7-17-10-12-19(13-11-17)22-16-20(23(24)25)14-15-21(22)18-8-5-4-6-9-18/h2,4-6,8-16H,1,3,7H2,(H,24,25). The van der Waals surface area contributed by atoms with Crippen molar-refractivity contribution in [2.24, 2.45) is 0 Å². The zero-order valence-corrected chi connectivity index (χ0v) is 14.0. The minimum Gasteiger partial charge on any atom is -0.478 e. The first-order chi connectivity index (χ1) is 12.2. The topological polar surface area (TPSA) is 37.3 Å². The summed E-state index contributed by atoms with van der Waals surface area (Å²) >= 11 is 0. The van der Waals surface area contributed by atoms with E-state index in [1.54, 1.807) is 12.1 Å². The zero-order valence-electron chi connectivity index (χ0n) is 14.0. The number of carboxylic acid groups (broad SMARTS) is 1. The molecule has 0 aliphatic carbocycles. The largest absolute Gasteiger partial charge is 0.478 e. The Bertz CT molecular complexity index is 878. The SMILES string of the molecule is C=CCCc1ccc(-c2cc(C(=O)O)ccc2-c2ccccc2)cc1. The van der Waals surface area contributed by atoms with Crippen molar-refractivity contribution >= 4 is 5.97 Å². The lowest BCUT2D eigenvalue weighted by Gasteiger charge is -2.12. The number of hydrogen-bond acceptors (Lipinski definition) is 1. The quantitative estimate of drug-likeness (QED) is 0.577. The minimum absolute atomic E-state index is 0.297. The molecule has 0 fully saturated rings. The van der Waals surface area contributed by atoms with Gasteiger partial charge in [-0.15, -0.1) is 6.58 Å². The fourth-order valence-electron chi connectivity index (χ4n) is 2.91. The van der Waals surface area contributed by atoms with E-state index in [-0.39, 0.29) is 0 Å². The van der Waals surface area contributed by atoms with E-state index in [1.807, 2.05) is 42.5 Å². The van der Waals surface area contributed by atoms with Crippen LogP contribution < -0.4 is 0 Å². The molecular weight excluding hydrogens is 308 g/mol. The number of hydrogen-bond donors (Lipinski definition) is 1. The Labute approximate surface area is 148 Å². The van der Waals surface area contributed by atoms with Gasteiger partial charge in [0.05, 0.1) is 5.56 Å². The highest BCUT2D eigenvalue weighted by Crippen LogP contribution is 2.33. The molecule has 0 bridgehead atoms. The van der Waals surface area contributed by atoms with Crippen LogP contribution in [0.5, 0.6) is 0 Å². The highest BCUT2D eigenvalue weighted by Gasteiger charge is 2.11. The zero-order chi connectivity index (χ0) is 17.6. The van der Waals surface area contributed by atoms with Crippen LogP contribution in [0.3, 0.4) is 0 Å². The van der Waals surface area contributed by atoms with E-state index in [2.05, 4.69) is 30.8 Å². The number of benzene rings is 3. The van der Waals surface area contributed by atoms with Gasteiger partial charge in [0, 0.05) is 0 Å². The Hall–Kier alpha value is -3.13. The van der Waals surface area contributed by atoms with Crippen molar-refractivity contribution in [2.45, 2.75) is 12.8 Å². The summed E-state index contributed by atoms with van der Waals surface area (Å²) in [6.45, 7) is 3.76. The van der Waals surface area contributed by atoms with E-state index in [1.165, 1.54) is 5.56 Å². The van der Waals surface area contributed by atoms with Gasteiger partial charge in [-0.25, -0.2) is 4.79 Å². The second-order valence-corrected chi connectivity index (χ2v) is 5.96. The van der Waals surface area contributed by atoms with E-state index in [9.17, 15) is 9.90 Å². The molecule has 0 atom stereocenters. The minimum atomic E-state index is -0.913. The molecule has 2 nitrogen and oxygen atoms in total. The lowest BCUT2D eigenvalue weighted by atomic mass is 9.92. The van der Waals surface area contributed by atoms with Crippen LogP contribution in [-0.2, 0) is 6.42 Å². The molecule has 3 aromatic carbocycles. The average molecular weight is 328 g/mol. The number of allylic oxidation sites excluding steroid dienone is 1. The van der Waals surface area contributed by atoms with Crippen LogP contribution >= 0.6 is 0 Å². The molecule has 0 amide bonds. The van der Waals surface area contributed by atoms with Crippen LogP contribution in [0.1, 0.15) is 22.3 Å². The lowest BCUT2D eigenvalue weighted by Crippen LogP contribution is -1.97. The molecule has 3 aromatic rings. The molecule has 1 N–H and O–H groups in total. The third-order valence-corrected chi connectivity index (χ3v) is 4.25. The lowest BCUT2D eigenvalue weighted by molar-refractivity contribution is 0.0697. The second kappa shape index (κ2) is 7.63. The first-order valence-corrected chi connectivity index (χ1v) is 8.32. The van der Waals surface area contributed by atoms with Gasteiger partial charge in [-0.05, 0) is 52.8 Å². The first-order valence-electron chi connectivity index (χ1n) is 8.32. The number of carbonyl (C=O) groups is 1. The number of aryl methyl sites for hydroxylation is 1. The first kappa shape index (κ1) is 16.7. The Morgan fingerprint density at radius 2 is 1.56 bits per heavy atom. The number of carboxylic acids is 1. The van der Waals surface area contributed by atoms with E-state index >= 15 is 0 Å². The Kier molecular flexibility index (Phi) is 5.10. The summed E-state index contributed by atoms with van der Waals surface area (Å²) in [6, 6.07) is 23.7. The molecule has 0 heterocycles. The van der Waals surface area contributed by atoms with Crippen molar-refractivity contribution in [1.82, 2.24) is 0 Å². The van der Waals surface area contributed by atoms with Crippen LogP contribution in [0.25, 0.3) is 22.3 Å². The van der Waals surface area contributed by atoms with Crippen molar-refractivity contribution in [2.75, 3.05) is 0 Å². The number of rotatable bonds is 6. The van der Waals surface area contributed by atoms with Gasteiger partial charge in [0.25, 0.3) is 0 Å². The van der Waals surface area contributed by atoms with Gasteiger partial charge in [0.2, 0.25) is 0 Å². The maximum absolute atomic E-state index is 11.4. The Balaban J connectivity index is 2.07. The van der Waals surface area contributed by atoms with Gasteiger partial charge >= 0.3 is 5.97 Å². The molecule has 124 valence electrons. The summed E-state index contributed by atoms with van der Waals surface area (Å²) in [5.74, 6) is -0.913. The van der Waals surface area contributed by atoms with E-state index in [0.717, 1.165) is 35.1 Å². The molecule has 3 rings (SSSR count). The van der Waals surface area contributed by atoms with Gasteiger partial charge in [0.1, 0.15) is 0 Å². The highest BCUT2D eigenvalue weighted by molar-refractivity contribution is 5.93. The normalized spacial score (nSPS) is 10.4.